The number of ether oxygens (including phenoxy) is 1. The molecule has 0 aromatic heterocycles. The predicted molar refractivity (Wildman–Crippen MR) is 72.4 cm³/mol. The van der Waals surface area contributed by atoms with E-state index in [2.05, 4.69) is 0 Å². The molecule has 0 saturated carbocycles. The maximum Gasteiger partial charge on any atom is 0.233 e. The van der Waals surface area contributed by atoms with Gasteiger partial charge in [0.15, 0.2) is 0 Å². The van der Waals surface area contributed by atoms with Gasteiger partial charge in [0, 0.05) is 13.0 Å². The van der Waals surface area contributed by atoms with E-state index >= 15 is 0 Å². The molecule has 4 heteroatoms. The molecule has 0 bridgehead atoms. The second-order valence-electron chi connectivity index (χ2n) is 5.36. The number of hydrogen-bond donors (Lipinski definition) is 0. The van der Waals surface area contributed by atoms with E-state index in [1.54, 1.807) is 4.90 Å². The summed E-state index contributed by atoms with van der Waals surface area (Å²) in [5, 5.41) is 0. The van der Waals surface area contributed by atoms with Crippen molar-refractivity contribution in [3.63, 3.8) is 0 Å². The van der Waals surface area contributed by atoms with Crippen molar-refractivity contribution in [3.05, 3.63) is 24.0 Å². The maximum atomic E-state index is 12.7. The summed E-state index contributed by atoms with van der Waals surface area (Å²) in [4.78, 5) is 25.4. The molecule has 1 aliphatic carbocycles. The fourth-order valence-electron chi connectivity index (χ4n) is 2.79. The molecule has 1 fully saturated rings. The molecule has 1 heterocycles. The van der Waals surface area contributed by atoms with Gasteiger partial charge in [-0.25, -0.2) is 0 Å². The Balaban J connectivity index is 2.12. The molecule has 0 radical (unpaired) electrons. The first kappa shape index (κ1) is 13.8. The summed E-state index contributed by atoms with van der Waals surface area (Å²) < 4.78 is 5.51. The quantitative estimate of drug-likeness (QED) is 0.729. The highest BCUT2D eigenvalue weighted by Gasteiger charge is 2.40. The minimum atomic E-state index is -0.592. The maximum absolute atomic E-state index is 12.7. The van der Waals surface area contributed by atoms with Crippen molar-refractivity contribution in [1.82, 2.24) is 4.90 Å². The molecule has 19 heavy (non-hydrogen) atoms. The number of amides is 1. The van der Waals surface area contributed by atoms with E-state index in [1.807, 2.05) is 32.1 Å². The lowest BCUT2D eigenvalue weighted by Gasteiger charge is -2.33. The Hall–Kier alpha value is -1.58. The number of likely N-dealkylation sites (tertiary alicyclic amines) is 1. The average Bonchev–Trinajstić information content (AvgIpc) is 2.86. The lowest BCUT2D eigenvalue weighted by Crippen LogP contribution is -2.45. The second kappa shape index (κ2) is 5.59. The third kappa shape index (κ3) is 2.72. The van der Waals surface area contributed by atoms with Gasteiger partial charge in [0.25, 0.3) is 0 Å². The Morgan fingerprint density at radius 2 is 2.42 bits per heavy atom. The van der Waals surface area contributed by atoms with Crippen LogP contribution >= 0.6 is 0 Å². The van der Waals surface area contributed by atoms with Crippen LogP contribution in [0.25, 0.3) is 0 Å². The third-order valence-electron chi connectivity index (χ3n) is 3.82. The molecule has 0 aromatic rings. The first-order valence-corrected chi connectivity index (χ1v) is 6.88. The summed E-state index contributed by atoms with van der Waals surface area (Å²) in [5.41, 5.74) is -0.592. The highest BCUT2D eigenvalue weighted by atomic mass is 16.5. The van der Waals surface area contributed by atoms with Crippen molar-refractivity contribution in [3.8, 4) is 0 Å². The van der Waals surface area contributed by atoms with Crippen LogP contribution in [0.5, 0.6) is 0 Å². The molecule has 1 saturated heterocycles. The molecule has 2 aliphatic rings. The summed E-state index contributed by atoms with van der Waals surface area (Å²) >= 11 is 0. The zero-order chi connectivity index (χ0) is 13.9. The van der Waals surface area contributed by atoms with E-state index in [-0.39, 0.29) is 11.9 Å². The second-order valence-corrected chi connectivity index (χ2v) is 5.36. The molecule has 0 spiro atoms. The standard InChI is InChI=1S/C15H21NO3/c1-3-19-13-7-4-8-15(2,10-13)14(18)16-9-5-6-12(16)11-17/h4,7-8,11-12H,3,5-6,9-10H2,1-2H3. The van der Waals surface area contributed by atoms with Gasteiger partial charge in [-0.15, -0.1) is 0 Å². The van der Waals surface area contributed by atoms with Gasteiger partial charge in [-0.3, -0.25) is 4.79 Å². The Morgan fingerprint density at radius 1 is 1.63 bits per heavy atom. The minimum Gasteiger partial charge on any atom is -0.498 e. The summed E-state index contributed by atoms with van der Waals surface area (Å²) in [7, 11) is 0. The van der Waals surface area contributed by atoms with E-state index in [1.165, 1.54) is 0 Å². The number of carbonyl (C=O) groups is 2. The topological polar surface area (TPSA) is 46.6 Å². The molecule has 104 valence electrons. The van der Waals surface area contributed by atoms with Crippen LogP contribution < -0.4 is 0 Å². The normalized spacial score (nSPS) is 30.1. The lowest BCUT2D eigenvalue weighted by molar-refractivity contribution is -0.141. The SMILES string of the molecule is CCOC1=CC=CC(C)(C(=O)N2CCCC2C=O)C1. The first-order valence-electron chi connectivity index (χ1n) is 6.88. The highest BCUT2D eigenvalue weighted by Crippen LogP contribution is 2.35. The largest absolute Gasteiger partial charge is 0.498 e. The van der Waals surface area contributed by atoms with Crippen molar-refractivity contribution >= 4 is 12.2 Å². The number of allylic oxidation sites excluding steroid dienone is 3. The number of aldehydes is 1. The van der Waals surface area contributed by atoms with Crippen LogP contribution in [0.15, 0.2) is 24.0 Å². The van der Waals surface area contributed by atoms with Crippen LogP contribution in [-0.2, 0) is 14.3 Å². The van der Waals surface area contributed by atoms with Crippen LogP contribution in [0.1, 0.15) is 33.1 Å². The molecule has 4 nitrogen and oxygen atoms in total. The summed E-state index contributed by atoms with van der Waals surface area (Å²) in [6, 6.07) is -0.251. The van der Waals surface area contributed by atoms with Gasteiger partial charge in [0.05, 0.1) is 23.8 Å². The Labute approximate surface area is 114 Å². The van der Waals surface area contributed by atoms with Gasteiger partial charge in [-0.2, -0.15) is 0 Å². The van der Waals surface area contributed by atoms with E-state index in [9.17, 15) is 9.59 Å². The number of carbonyl (C=O) groups excluding carboxylic acids is 2. The molecule has 2 unspecified atom stereocenters. The van der Waals surface area contributed by atoms with Crippen LogP contribution in [0.3, 0.4) is 0 Å². The van der Waals surface area contributed by atoms with Gasteiger partial charge in [0.1, 0.15) is 6.29 Å². The van der Waals surface area contributed by atoms with Gasteiger partial charge in [-0.1, -0.05) is 12.2 Å². The lowest BCUT2D eigenvalue weighted by atomic mass is 9.81. The van der Waals surface area contributed by atoms with Gasteiger partial charge >= 0.3 is 0 Å². The van der Waals surface area contributed by atoms with Gasteiger partial charge in [-0.05, 0) is 32.8 Å². The van der Waals surface area contributed by atoms with E-state index in [0.29, 0.717) is 19.6 Å². The summed E-state index contributed by atoms with van der Waals surface area (Å²) in [6.45, 7) is 5.13. The highest BCUT2D eigenvalue weighted by molar-refractivity contribution is 5.87. The van der Waals surface area contributed by atoms with E-state index in [0.717, 1.165) is 24.9 Å². The molecule has 2 atom stereocenters. The number of rotatable bonds is 4. The average molecular weight is 263 g/mol. The van der Waals surface area contributed by atoms with Crippen LogP contribution in [0.2, 0.25) is 0 Å². The Bertz CT molecular complexity index is 427. The molecular weight excluding hydrogens is 242 g/mol. The van der Waals surface area contributed by atoms with Crippen molar-refractivity contribution in [2.24, 2.45) is 5.41 Å². The van der Waals surface area contributed by atoms with Crippen molar-refractivity contribution in [1.29, 1.82) is 0 Å². The molecule has 1 amide bonds. The number of nitrogens with zero attached hydrogens (tertiary/aromatic N) is 1. The van der Waals surface area contributed by atoms with E-state index in [4.69, 9.17) is 4.74 Å². The first-order chi connectivity index (χ1) is 9.10. The van der Waals surface area contributed by atoms with Crippen molar-refractivity contribution < 1.29 is 14.3 Å². The predicted octanol–water partition coefficient (Wildman–Crippen LogP) is 2.06. The minimum absolute atomic E-state index is 0.0312. The zero-order valence-electron chi connectivity index (χ0n) is 11.6. The third-order valence-corrected chi connectivity index (χ3v) is 3.82. The molecule has 0 N–H and O–H groups in total. The van der Waals surface area contributed by atoms with Crippen molar-refractivity contribution in [2.45, 2.75) is 39.2 Å². The summed E-state index contributed by atoms with van der Waals surface area (Å²) in [5.74, 6) is 0.867. The zero-order valence-corrected chi connectivity index (χ0v) is 11.6. The summed E-state index contributed by atoms with van der Waals surface area (Å²) in [6.07, 6.45) is 8.83. The molecule has 1 aliphatic heterocycles. The molecular formula is C15H21NO3. The van der Waals surface area contributed by atoms with E-state index < -0.39 is 5.41 Å². The Morgan fingerprint density at radius 3 is 3.11 bits per heavy atom. The van der Waals surface area contributed by atoms with Crippen molar-refractivity contribution in [2.75, 3.05) is 13.2 Å². The van der Waals surface area contributed by atoms with Gasteiger partial charge < -0.3 is 14.4 Å². The van der Waals surface area contributed by atoms with Crippen LogP contribution in [0, 0.1) is 5.41 Å². The smallest absolute Gasteiger partial charge is 0.233 e. The fourth-order valence-corrected chi connectivity index (χ4v) is 2.79. The van der Waals surface area contributed by atoms with Crippen LogP contribution in [0.4, 0.5) is 0 Å². The molecule has 0 aromatic carbocycles. The fraction of sp³-hybridized carbons (Fsp3) is 0.600. The molecule has 2 rings (SSSR count). The monoisotopic (exact) mass is 263 g/mol. The van der Waals surface area contributed by atoms with Gasteiger partial charge in [0.2, 0.25) is 5.91 Å². The Kier molecular flexibility index (Phi) is 4.08. The number of hydrogen-bond acceptors (Lipinski definition) is 3. The van der Waals surface area contributed by atoms with Crippen LogP contribution in [-0.4, -0.2) is 36.3 Å².